The number of piperazine rings is 1. The number of rotatable bonds is 3. The van der Waals surface area contributed by atoms with Crippen LogP contribution in [0.4, 0.5) is 0 Å². The van der Waals surface area contributed by atoms with Gasteiger partial charge in [-0.05, 0) is 46.6 Å². The third-order valence-corrected chi connectivity index (χ3v) is 4.45. The summed E-state index contributed by atoms with van der Waals surface area (Å²) >= 11 is 0. The standard InChI is InChI=1S/C18H30N2/c1-15(2)20-12-11-19(18(3,4)5)14-17(20)13-16-9-7-6-8-10-16/h6-10,15,17H,11-14H2,1-5H3/t17-/m0/s1. The Labute approximate surface area is 124 Å². The van der Waals surface area contributed by atoms with E-state index in [1.165, 1.54) is 25.2 Å². The van der Waals surface area contributed by atoms with Crippen molar-refractivity contribution in [3.05, 3.63) is 35.9 Å². The number of benzene rings is 1. The van der Waals surface area contributed by atoms with Gasteiger partial charge in [0.25, 0.3) is 0 Å². The summed E-state index contributed by atoms with van der Waals surface area (Å²) in [4.78, 5) is 5.31. The van der Waals surface area contributed by atoms with E-state index >= 15 is 0 Å². The Bertz CT molecular complexity index is 405. The van der Waals surface area contributed by atoms with Gasteiger partial charge >= 0.3 is 0 Å². The highest BCUT2D eigenvalue weighted by Gasteiger charge is 2.33. The smallest absolute Gasteiger partial charge is 0.0266 e. The Morgan fingerprint density at radius 2 is 1.75 bits per heavy atom. The molecule has 0 N–H and O–H groups in total. The van der Waals surface area contributed by atoms with Gasteiger partial charge in [-0.25, -0.2) is 0 Å². The van der Waals surface area contributed by atoms with Crippen LogP contribution in [0.1, 0.15) is 40.2 Å². The molecule has 1 heterocycles. The summed E-state index contributed by atoms with van der Waals surface area (Å²) in [6, 6.07) is 12.2. The van der Waals surface area contributed by atoms with Crippen LogP contribution in [0.3, 0.4) is 0 Å². The number of nitrogens with zero attached hydrogens (tertiary/aromatic N) is 2. The van der Waals surface area contributed by atoms with Crippen LogP contribution in [0.2, 0.25) is 0 Å². The van der Waals surface area contributed by atoms with Crippen LogP contribution >= 0.6 is 0 Å². The topological polar surface area (TPSA) is 6.48 Å². The Morgan fingerprint density at radius 1 is 1.10 bits per heavy atom. The van der Waals surface area contributed by atoms with E-state index in [0.717, 1.165) is 6.42 Å². The van der Waals surface area contributed by atoms with Gasteiger partial charge in [0.2, 0.25) is 0 Å². The van der Waals surface area contributed by atoms with E-state index in [9.17, 15) is 0 Å². The molecule has 20 heavy (non-hydrogen) atoms. The maximum atomic E-state index is 2.68. The van der Waals surface area contributed by atoms with Gasteiger partial charge in [0.1, 0.15) is 0 Å². The van der Waals surface area contributed by atoms with Crippen molar-refractivity contribution >= 4 is 0 Å². The van der Waals surface area contributed by atoms with Crippen LogP contribution in [0.5, 0.6) is 0 Å². The van der Waals surface area contributed by atoms with Crippen LogP contribution in [0, 0.1) is 0 Å². The summed E-state index contributed by atoms with van der Waals surface area (Å²) in [5.41, 5.74) is 1.73. The molecule has 0 saturated carbocycles. The molecule has 0 aromatic heterocycles. The Balaban J connectivity index is 2.11. The maximum Gasteiger partial charge on any atom is 0.0266 e. The average molecular weight is 274 g/mol. The van der Waals surface area contributed by atoms with Crippen molar-refractivity contribution in [1.82, 2.24) is 9.80 Å². The van der Waals surface area contributed by atoms with E-state index < -0.39 is 0 Å². The molecule has 0 amide bonds. The molecule has 1 fully saturated rings. The summed E-state index contributed by atoms with van der Waals surface area (Å²) in [6.45, 7) is 15.2. The van der Waals surface area contributed by atoms with Crippen LogP contribution in [-0.4, -0.2) is 47.1 Å². The van der Waals surface area contributed by atoms with Crippen LogP contribution < -0.4 is 0 Å². The molecule has 1 atom stereocenters. The van der Waals surface area contributed by atoms with Gasteiger partial charge in [-0.15, -0.1) is 0 Å². The van der Waals surface area contributed by atoms with Crippen LogP contribution in [-0.2, 0) is 6.42 Å². The predicted octanol–water partition coefficient (Wildman–Crippen LogP) is 3.42. The molecule has 0 unspecified atom stereocenters. The minimum atomic E-state index is 0.276. The lowest BCUT2D eigenvalue weighted by Gasteiger charge is -2.48. The fraction of sp³-hybridized carbons (Fsp3) is 0.667. The maximum absolute atomic E-state index is 2.68. The molecule has 1 aliphatic heterocycles. The first kappa shape index (κ1) is 15.5. The lowest BCUT2D eigenvalue weighted by atomic mass is 9.97. The normalized spacial score (nSPS) is 22.4. The summed E-state index contributed by atoms with van der Waals surface area (Å²) in [5.74, 6) is 0. The third-order valence-electron chi connectivity index (χ3n) is 4.45. The molecule has 1 aliphatic rings. The lowest BCUT2D eigenvalue weighted by Crippen LogP contribution is -2.60. The fourth-order valence-corrected chi connectivity index (χ4v) is 3.23. The molecular weight excluding hydrogens is 244 g/mol. The highest BCUT2D eigenvalue weighted by atomic mass is 15.3. The SMILES string of the molecule is CC(C)N1CCN(C(C)(C)C)C[C@@H]1Cc1ccccc1. The van der Waals surface area contributed by atoms with Crippen molar-refractivity contribution in [2.24, 2.45) is 0 Å². The number of hydrogen-bond acceptors (Lipinski definition) is 2. The lowest BCUT2D eigenvalue weighted by molar-refractivity contribution is 0.00713. The van der Waals surface area contributed by atoms with Crippen molar-refractivity contribution in [3.63, 3.8) is 0 Å². The first-order valence-electron chi connectivity index (χ1n) is 7.92. The van der Waals surface area contributed by atoms with E-state index in [1.807, 2.05) is 0 Å². The second-order valence-electron chi connectivity index (χ2n) is 7.29. The van der Waals surface area contributed by atoms with E-state index in [1.54, 1.807) is 0 Å². The first-order chi connectivity index (χ1) is 9.38. The Morgan fingerprint density at radius 3 is 2.30 bits per heavy atom. The minimum Gasteiger partial charge on any atom is -0.296 e. The van der Waals surface area contributed by atoms with Crippen molar-refractivity contribution in [3.8, 4) is 0 Å². The highest BCUT2D eigenvalue weighted by Crippen LogP contribution is 2.23. The van der Waals surface area contributed by atoms with Crippen LogP contribution in [0.25, 0.3) is 0 Å². The Hall–Kier alpha value is -0.860. The summed E-state index contributed by atoms with van der Waals surface area (Å²) in [5, 5.41) is 0. The van der Waals surface area contributed by atoms with Gasteiger partial charge in [0.15, 0.2) is 0 Å². The third kappa shape index (κ3) is 3.83. The van der Waals surface area contributed by atoms with Crippen molar-refractivity contribution in [2.75, 3.05) is 19.6 Å². The second-order valence-corrected chi connectivity index (χ2v) is 7.29. The van der Waals surface area contributed by atoms with Crippen molar-refractivity contribution in [2.45, 2.75) is 58.7 Å². The highest BCUT2D eigenvalue weighted by molar-refractivity contribution is 5.16. The fourth-order valence-electron chi connectivity index (χ4n) is 3.23. The molecule has 0 bridgehead atoms. The predicted molar refractivity (Wildman–Crippen MR) is 87.1 cm³/mol. The van der Waals surface area contributed by atoms with Gasteiger partial charge in [0, 0.05) is 37.3 Å². The van der Waals surface area contributed by atoms with Gasteiger partial charge in [-0.2, -0.15) is 0 Å². The van der Waals surface area contributed by atoms with Crippen molar-refractivity contribution < 1.29 is 0 Å². The summed E-state index contributed by atoms with van der Waals surface area (Å²) < 4.78 is 0. The minimum absolute atomic E-state index is 0.276. The average Bonchev–Trinajstić information content (AvgIpc) is 2.38. The zero-order valence-electron chi connectivity index (χ0n) is 13.8. The van der Waals surface area contributed by atoms with Gasteiger partial charge in [0.05, 0.1) is 0 Å². The molecule has 1 aromatic rings. The van der Waals surface area contributed by atoms with Gasteiger partial charge in [-0.3, -0.25) is 9.80 Å². The van der Waals surface area contributed by atoms with Crippen LogP contribution in [0.15, 0.2) is 30.3 Å². The second kappa shape index (κ2) is 6.28. The molecule has 1 saturated heterocycles. The number of hydrogen-bond donors (Lipinski definition) is 0. The summed E-state index contributed by atoms with van der Waals surface area (Å²) in [7, 11) is 0. The Kier molecular flexibility index (Phi) is 4.87. The first-order valence-corrected chi connectivity index (χ1v) is 7.92. The monoisotopic (exact) mass is 274 g/mol. The molecule has 0 spiro atoms. The molecular formula is C18H30N2. The molecule has 0 aliphatic carbocycles. The molecule has 0 radical (unpaired) electrons. The molecule has 2 nitrogen and oxygen atoms in total. The van der Waals surface area contributed by atoms with Gasteiger partial charge < -0.3 is 0 Å². The summed E-state index contributed by atoms with van der Waals surface area (Å²) in [6.07, 6.45) is 1.16. The van der Waals surface area contributed by atoms with E-state index in [0.29, 0.717) is 12.1 Å². The van der Waals surface area contributed by atoms with E-state index in [2.05, 4.69) is 74.8 Å². The van der Waals surface area contributed by atoms with Gasteiger partial charge in [-0.1, -0.05) is 30.3 Å². The largest absolute Gasteiger partial charge is 0.296 e. The van der Waals surface area contributed by atoms with E-state index in [-0.39, 0.29) is 5.54 Å². The molecule has 2 heteroatoms. The molecule has 2 rings (SSSR count). The van der Waals surface area contributed by atoms with Crippen molar-refractivity contribution in [1.29, 1.82) is 0 Å². The van der Waals surface area contributed by atoms with E-state index in [4.69, 9.17) is 0 Å². The zero-order chi connectivity index (χ0) is 14.8. The quantitative estimate of drug-likeness (QED) is 0.833. The molecule has 1 aromatic carbocycles. The molecule has 112 valence electrons. The zero-order valence-corrected chi connectivity index (χ0v) is 13.8.